The van der Waals surface area contributed by atoms with Crippen molar-refractivity contribution in [3.8, 4) is 6.07 Å². The van der Waals surface area contributed by atoms with Gasteiger partial charge in [-0.15, -0.1) is 0 Å². The van der Waals surface area contributed by atoms with Gasteiger partial charge in [0.2, 0.25) is 0 Å². The number of esters is 1. The number of halogens is 2. The summed E-state index contributed by atoms with van der Waals surface area (Å²) in [5, 5.41) is 8.63. The number of nitriles is 1. The lowest BCUT2D eigenvalue weighted by atomic mass is 10.1. The van der Waals surface area contributed by atoms with Crippen molar-refractivity contribution in [3.05, 3.63) is 41.3 Å². The zero-order valence-corrected chi connectivity index (χ0v) is 12.9. The van der Waals surface area contributed by atoms with Gasteiger partial charge in [-0.3, -0.25) is 9.59 Å². The summed E-state index contributed by atoms with van der Waals surface area (Å²) in [5.74, 6) is -0.941. The standard InChI is InChI=1S/C16H12ClFN2O3/c1-2-23-15(21)9-20-8-11(5-10(7-19)16(17)22)13-4-3-12(18)6-14(13)20/h3-6,8H,2,9H2,1H3. The number of fused-ring (bicyclic) bond motifs is 1. The largest absolute Gasteiger partial charge is 0.465 e. The summed E-state index contributed by atoms with van der Waals surface area (Å²) < 4.78 is 19.9. The molecule has 7 heteroatoms. The van der Waals surface area contributed by atoms with Crippen LogP contribution < -0.4 is 0 Å². The molecule has 1 aromatic carbocycles. The van der Waals surface area contributed by atoms with E-state index in [0.717, 1.165) is 0 Å². The average Bonchev–Trinajstić information content (AvgIpc) is 2.81. The monoisotopic (exact) mass is 334 g/mol. The Balaban J connectivity index is 2.57. The molecule has 0 aliphatic rings. The number of nitrogens with zero attached hydrogens (tertiary/aromatic N) is 2. The fraction of sp³-hybridized carbons (Fsp3) is 0.188. The fourth-order valence-corrected chi connectivity index (χ4v) is 2.27. The van der Waals surface area contributed by atoms with E-state index in [9.17, 15) is 14.0 Å². The lowest BCUT2D eigenvalue weighted by molar-refractivity contribution is -0.143. The van der Waals surface area contributed by atoms with Crippen molar-refractivity contribution < 1.29 is 18.7 Å². The molecule has 0 aliphatic heterocycles. The summed E-state index contributed by atoms with van der Waals surface area (Å²) in [4.78, 5) is 22.8. The van der Waals surface area contributed by atoms with Crippen LogP contribution in [0.15, 0.2) is 30.0 Å². The molecule has 0 saturated carbocycles. The Labute approximate surface area is 136 Å². The molecule has 0 saturated heterocycles. The van der Waals surface area contributed by atoms with Gasteiger partial charge in [0.15, 0.2) is 0 Å². The molecule has 0 atom stereocenters. The van der Waals surface area contributed by atoms with E-state index >= 15 is 0 Å². The molecule has 0 fully saturated rings. The zero-order valence-electron chi connectivity index (χ0n) is 12.2. The first-order chi connectivity index (χ1) is 11.0. The molecule has 2 rings (SSSR count). The number of allylic oxidation sites excluding steroid dienone is 1. The van der Waals surface area contributed by atoms with Gasteiger partial charge in [-0.25, -0.2) is 4.39 Å². The van der Waals surface area contributed by atoms with E-state index in [-0.39, 0.29) is 18.7 Å². The third-order valence-corrected chi connectivity index (χ3v) is 3.32. The lowest BCUT2D eigenvalue weighted by Crippen LogP contribution is -2.12. The van der Waals surface area contributed by atoms with Gasteiger partial charge in [0, 0.05) is 17.1 Å². The molecule has 5 nitrogen and oxygen atoms in total. The van der Waals surface area contributed by atoms with Gasteiger partial charge in [0.1, 0.15) is 24.0 Å². The minimum atomic E-state index is -0.888. The zero-order chi connectivity index (χ0) is 17.0. The molecule has 0 aliphatic carbocycles. The Morgan fingerprint density at radius 3 is 2.83 bits per heavy atom. The maximum absolute atomic E-state index is 13.5. The Hall–Kier alpha value is -2.65. The third-order valence-electron chi connectivity index (χ3n) is 3.11. The lowest BCUT2D eigenvalue weighted by Gasteiger charge is -2.04. The van der Waals surface area contributed by atoms with E-state index in [2.05, 4.69) is 0 Å². The first kappa shape index (κ1) is 16.7. The van der Waals surface area contributed by atoms with E-state index < -0.39 is 17.0 Å². The molecule has 0 radical (unpaired) electrons. The highest BCUT2D eigenvalue weighted by Gasteiger charge is 2.13. The Morgan fingerprint density at radius 1 is 1.48 bits per heavy atom. The van der Waals surface area contributed by atoms with E-state index in [0.29, 0.717) is 16.5 Å². The summed E-state index contributed by atoms with van der Waals surface area (Å²) in [6, 6.07) is 5.72. The van der Waals surface area contributed by atoms with Crippen molar-refractivity contribution >= 4 is 39.8 Å². The van der Waals surface area contributed by atoms with Crippen LogP contribution in [0.3, 0.4) is 0 Å². The van der Waals surface area contributed by atoms with Crippen molar-refractivity contribution in [2.75, 3.05) is 6.61 Å². The van der Waals surface area contributed by atoms with Crippen LogP contribution in [0.2, 0.25) is 0 Å². The smallest absolute Gasteiger partial charge is 0.325 e. The van der Waals surface area contributed by atoms with Crippen LogP contribution >= 0.6 is 11.6 Å². The second-order valence-electron chi connectivity index (χ2n) is 4.62. The average molecular weight is 335 g/mol. The maximum atomic E-state index is 13.5. The predicted octanol–water partition coefficient (Wildman–Crippen LogP) is 3.02. The van der Waals surface area contributed by atoms with Crippen molar-refractivity contribution in [2.45, 2.75) is 13.5 Å². The minimum absolute atomic E-state index is 0.113. The SMILES string of the molecule is CCOC(=O)Cn1cc(C=C(C#N)C(=O)Cl)c2ccc(F)cc21. The molecule has 118 valence electrons. The molecule has 1 heterocycles. The van der Waals surface area contributed by atoms with Crippen LogP contribution in [0.5, 0.6) is 0 Å². The van der Waals surface area contributed by atoms with Crippen molar-refractivity contribution in [3.63, 3.8) is 0 Å². The van der Waals surface area contributed by atoms with Crippen LogP contribution in [0, 0.1) is 17.1 Å². The summed E-state index contributed by atoms with van der Waals surface area (Å²) >= 11 is 5.33. The highest BCUT2D eigenvalue weighted by Crippen LogP contribution is 2.25. The number of aromatic nitrogens is 1. The molecule has 0 bridgehead atoms. The number of carbonyl (C=O) groups excluding carboxylic acids is 2. The molecular formula is C16H12ClFN2O3. The van der Waals surface area contributed by atoms with E-state index in [1.54, 1.807) is 13.0 Å². The number of rotatable bonds is 5. The number of hydrogen-bond acceptors (Lipinski definition) is 4. The molecule has 0 amide bonds. The Bertz CT molecular complexity index is 849. The van der Waals surface area contributed by atoms with Crippen LogP contribution in [0.4, 0.5) is 4.39 Å². The van der Waals surface area contributed by atoms with Gasteiger partial charge in [0.05, 0.1) is 12.1 Å². The second kappa shape index (κ2) is 7.07. The molecule has 0 N–H and O–H groups in total. The number of hydrogen-bond donors (Lipinski definition) is 0. The van der Waals surface area contributed by atoms with Crippen LogP contribution in [0.1, 0.15) is 12.5 Å². The first-order valence-electron chi connectivity index (χ1n) is 6.72. The van der Waals surface area contributed by atoms with Gasteiger partial charge in [-0.05, 0) is 42.8 Å². The van der Waals surface area contributed by atoms with Crippen molar-refractivity contribution in [1.29, 1.82) is 5.26 Å². The summed E-state index contributed by atoms with van der Waals surface area (Å²) in [5.41, 5.74) is 0.685. The molecule has 1 aromatic heterocycles. The van der Waals surface area contributed by atoms with Crippen LogP contribution in [0.25, 0.3) is 17.0 Å². The van der Waals surface area contributed by atoms with E-state index in [4.69, 9.17) is 21.6 Å². The normalized spacial score (nSPS) is 11.3. The summed E-state index contributed by atoms with van der Waals surface area (Å²) in [6.07, 6.45) is 2.84. The molecule has 0 unspecified atom stereocenters. The molecule has 23 heavy (non-hydrogen) atoms. The van der Waals surface area contributed by atoms with Gasteiger partial charge in [0.25, 0.3) is 5.24 Å². The molecule has 2 aromatic rings. The van der Waals surface area contributed by atoms with Gasteiger partial charge >= 0.3 is 5.97 Å². The highest BCUT2D eigenvalue weighted by molar-refractivity contribution is 6.68. The molecule has 0 spiro atoms. The van der Waals surface area contributed by atoms with Crippen molar-refractivity contribution in [1.82, 2.24) is 4.57 Å². The fourth-order valence-electron chi connectivity index (χ4n) is 2.17. The quantitative estimate of drug-likeness (QED) is 0.365. The Kier molecular flexibility index (Phi) is 5.14. The number of ether oxygens (including phenoxy) is 1. The van der Waals surface area contributed by atoms with E-state index in [1.807, 2.05) is 0 Å². The van der Waals surface area contributed by atoms with Gasteiger partial charge in [-0.1, -0.05) is 0 Å². The summed E-state index contributed by atoms with van der Waals surface area (Å²) in [6.45, 7) is 1.81. The van der Waals surface area contributed by atoms with E-state index in [1.165, 1.54) is 35.0 Å². The van der Waals surface area contributed by atoms with Crippen LogP contribution in [-0.4, -0.2) is 22.4 Å². The topological polar surface area (TPSA) is 72.1 Å². The van der Waals surface area contributed by atoms with Crippen LogP contribution in [-0.2, 0) is 20.9 Å². The highest BCUT2D eigenvalue weighted by atomic mass is 35.5. The number of carbonyl (C=O) groups is 2. The molecular weight excluding hydrogens is 323 g/mol. The first-order valence-corrected chi connectivity index (χ1v) is 7.09. The van der Waals surface area contributed by atoms with Crippen molar-refractivity contribution in [2.24, 2.45) is 0 Å². The van der Waals surface area contributed by atoms with Gasteiger partial charge < -0.3 is 9.30 Å². The third kappa shape index (κ3) is 3.76. The van der Waals surface area contributed by atoms with Gasteiger partial charge in [-0.2, -0.15) is 5.26 Å². The minimum Gasteiger partial charge on any atom is -0.465 e. The Morgan fingerprint density at radius 2 is 2.22 bits per heavy atom. The second-order valence-corrected chi connectivity index (χ2v) is 4.97. The number of benzene rings is 1. The summed E-state index contributed by atoms with van der Waals surface area (Å²) in [7, 11) is 0. The maximum Gasteiger partial charge on any atom is 0.325 e. The predicted molar refractivity (Wildman–Crippen MR) is 83.0 cm³/mol.